The normalized spacial score (nSPS) is 14.6. The number of aromatic nitrogens is 2. The molecule has 2 rings (SSSR count). The Morgan fingerprint density at radius 3 is 2.37 bits per heavy atom. The molecule has 0 spiro atoms. The van der Waals surface area contributed by atoms with Crippen molar-refractivity contribution in [2.45, 2.75) is 19.3 Å². The van der Waals surface area contributed by atoms with E-state index in [1.807, 2.05) is 6.08 Å². The zero-order valence-corrected chi connectivity index (χ0v) is 10.8. The number of carbonyl (C=O) groups is 1. The molecule has 0 amide bonds. The molecule has 3 heteroatoms. The van der Waals surface area contributed by atoms with Crippen molar-refractivity contribution in [3.8, 4) is 0 Å². The van der Waals surface area contributed by atoms with Crippen LogP contribution < -0.4 is 0 Å². The Balaban J connectivity index is 2.23. The Morgan fingerprint density at radius 2 is 1.79 bits per heavy atom. The minimum absolute atomic E-state index is 0.0656. The molecule has 0 bridgehead atoms. The Labute approximate surface area is 113 Å². The highest BCUT2D eigenvalue weighted by atomic mass is 16.1. The van der Waals surface area contributed by atoms with Crippen molar-refractivity contribution >= 4 is 11.4 Å². The lowest BCUT2D eigenvalue weighted by Crippen LogP contribution is -2.09. The summed E-state index contributed by atoms with van der Waals surface area (Å²) in [5, 5.41) is 0. The maximum Gasteiger partial charge on any atom is 0.170 e. The molecule has 0 radical (unpaired) electrons. The van der Waals surface area contributed by atoms with Crippen LogP contribution in [0.2, 0.25) is 0 Å². The average Bonchev–Trinajstić information content (AvgIpc) is 2.41. The van der Waals surface area contributed by atoms with E-state index in [4.69, 9.17) is 0 Å². The lowest BCUT2D eigenvalue weighted by atomic mass is 9.94. The van der Waals surface area contributed by atoms with Gasteiger partial charge in [0, 0.05) is 18.8 Å². The van der Waals surface area contributed by atoms with E-state index in [0.717, 1.165) is 24.0 Å². The van der Waals surface area contributed by atoms with Gasteiger partial charge in [0.15, 0.2) is 11.6 Å². The van der Waals surface area contributed by atoms with Crippen LogP contribution in [0.1, 0.15) is 24.2 Å². The highest BCUT2D eigenvalue weighted by Gasteiger charge is 2.18. The van der Waals surface area contributed by atoms with Crippen LogP contribution in [0.25, 0.3) is 5.57 Å². The van der Waals surface area contributed by atoms with Crippen molar-refractivity contribution in [3.63, 3.8) is 0 Å². The van der Waals surface area contributed by atoms with Crippen LogP contribution in [0.4, 0.5) is 0 Å². The topological polar surface area (TPSA) is 42.9 Å². The average molecular weight is 252 g/mol. The highest BCUT2D eigenvalue weighted by molar-refractivity contribution is 6.21. The monoisotopic (exact) mass is 252 g/mol. The van der Waals surface area contributed by atoms with Gasteiger partial charge >= 0.3 is 0 Å². The van der Waals surface area contributed by atoms with Gasteiger partial charge in [0.05, 0.1) is 5.57 Å². The molecule has 0 saturated carbocycles. The molecule has 0 saturated heterocycles. The number of Topliss-reactive ketones (excluding diaryl/α,β-unsaturated/α-hetero) is 1. The smallest absolute Gasteiger partial charge is 0.170 e. The first-order valence-electron chi connectivity index (χ1n) is 6.20. The molecule has 0 fully saturated rings. The van der Waals surface area contributed by atoms with Gasteiger partial charge in [0.25, 0.3) is 0 Å². The zero-order valence-electron chi connectivity index (χ0n) is 10.8. The third-order valence-electron chi connectivity index (χ3n) is 2.91. The van der Waals surface area contributed by atoms with Crippen LogP contribution in [0.5, 0.6) is 0 Å². The maximum atomic E-state index is 12.1. The third-order valence-corrected chi connectivity index (χ3v) is 2.91. The van der Waals surface area contributed by atoms with Crippen molar-refractivity contribution in [1.29, 1.82) is 0 Å². The molecule has 0 unspecified atom stereocenters. The molecule has 0 aliphatic heterocycles. The van der Waals surface area contributed by atoms with Crippen LogP contribution in [0.15, 0.2) is 55.4 Å². The molecule has 1 aliphatic carbocycles. The van der Waals surface area contributed by atoms with Gasteiger partial charge in [0.1, 0.15) is 0 Å². The number of allylic oxidation sites excluding steroid dienone is 6. The first-order valence-corrected chi connectivity index (χ1v) is 6.20. The summed E-state index contributed by atoms with van der Waals surface area (Å²) >= 11 is 0. The Hall–Kier alpha value is -2.29. The van der Waals surface area contributed by atoms with Gasteiger partial charge in [-0.25, -0.2) is 9.97 Å². The lowest BCUT2D eigenvalue weighted by molar-refractivity contribution is -0.113. The van der Waals surface area contributed by atoms with Gasteiger partial charge in [0.2, 0.25) is 0 Å². The molecular formula is C16H16N2O. The molecule has 1 heterocycles. The summed E-state index contributed by atoms with van der Waals surface area (Å²) in [7, 11) is 0. The number of nitrogens with zero attached hydrogens (tertiary/aromatic N) is 2. The van der Waals surface area contributed by atoms with Gasteiger partial charge in [-0.15, -0.1) is 13.2 Å². The molecular weight excluding hydrogens is 236 g/mol. The number of hydrogen-bond acceptors (Lipinski definition) is 3. The van der Waals surface area contributed by atoms with E-state index in [9.17, 15) is 4.79 Å². The summed E-state index contributed by atoms with van der Waals surface area (Å²) in [6, 6.07) is 0. The fourth-order valence-electron chi connectivity index (χ4n) is 1.95. The van der Waals surface area contributed by atoms with Gasteiger partial charge in [-0.2, -0.15) is 0 Å². The van der Waals surface area contributed by atoms with Gasteiger partial charge in [-0.1, -0.05) is 23.8 Å². The number of ketones is 1. The fourth-order valence-corrected chi connectivity index (χ4v) is 1.95. The number of carbonyl (C=O) groups excluding carboxylic acids is 1. The van der Waals surface area contributed by atoms with Gasteiger partial charge in [-0.3, -0.25) is 4.79 Å². The van der Waals surface area contributed by atoms with Crippen molar-refractivity contribution in [1.82, 2.24) is 9.97 Å². The molecule has 1 aliphatic rings. The third kappa shape index (κ3) is 3.13. The molecule has 0 aromatic carbocycles. The van der Waals surface area contributed by atoms with E-state index in [1.54, 1.807) is 30.6 Å². The minimum Gasteiger partial charge on any atom is -0.294 e. The second kappa shape index (κ2) is 6.05. The first kappa shape index (κ1) is 13.1. The molecule has 1 aromatic rings. The minimum atomic E-state index is 0.0656. The molecule has 0 N–H and O–H groups in total. The maximum absolute atomic E-state index is 12.1. The van der Waals surface area contributed by atoms with Crippen molar-refractivity contribution in [2.24, 2.45) is 0 Å². The summed E-state index contributed by atoms with van der Waals surface area (Å²) < 4.78 is 0. The lowest BCUT2D eigenvalue weighted by Gasteiger charge is -2.11. The van der Waals surface area contributed by atoms with Crippen LogP contribution in [-0.2, 0) is 11.2 Å². The molecule has 1 aromatic heterocycles. The van der Waals surface area contributed by atoms with Crippen LogP contribution in [-0.4, -0.2) is 15.8 Å². The van der Waals surface area contributed by atoms with Crippen molar-refractivity contribution in [2.75, 3.05) is 0 Å². The van der Waals surface area contributed by atoms with Crippen LogP contribution in [0, 0.1) is 0 Å². The highest BCUT2D eigenvalue weighted by Crippen LogP contribution is 2.23. The zero-order chi connectivity index (χ0) is 13.7. The molecule has 0 atom stereocenters. The van der Waals surface area contributed by atoms with E-state index >= 15 is 0 Å². The fraction of sp³-hybridized carbons (Fsp3) is 0.188. The van der Waals surface area contributed by atoms with Crippen LogP contribution in [0.3, 0.4) is 0 Å². The Kier molecular flexibility index (Phi) is 4.18. The summed E-state index contributed by atoms with van der Waals surface area (Å²) in [6.07, 6.45) is 12.7. The Morgan fingerprint density at radius 1 is 1.11 bits per heavy atom. The van der Waals surface area contributed by atoms with Crippen molar-refractivity contribution in [3.05, 3.63) is 66.8 Å². The predicted molar refractivity (Wildman–Crippen MR) is 76.4 cm³/mol. The van der Waals surface area contributed by atoms with E-state index in [1.165, 1.54) is 0 Å². The number of rotatable bonds is 5. The van der Waals surface area contributed by atoms with Gasteiger partial charge in [-0.05, 0) is 24.5 Å². The quantitative estimate of drug-likeness (QED) is 0.756. The standard InChI is InChI=1S/C16H16N2O/c1-3-5-12-7-8-14(15(19)9-12)16-17-10-13(6-4-2)11-18-16/h3-4,7-8,10-11H,1-2,5-6,9H2. The van der Waals surface area contributed by atoms with Gasteiger partial charge < -0.3 is 0 Å². The van der Waals surface area contributed by atoms with Crippen molar-refractivity contribution < 1.29 is 4.79 Å². The van der Waals surface area contributed by atoms with Crippen LogP contribution >= 0.6 is 0 Å². The first-order chi connectivity index (χ1) is 9.24. The summed E-state index contributed by atoms with van der Waals surface area (Å²) in [4.78, 5) is 20.5. The molecule has 3 nitrogen and oxygen atoms in total. The second-order valence-electron chi connectivity index (χ2n) is 4.41. The van der Waals surface area contributed by atoms with E-state index < -0.39 is 0 Å². The van der Waals surface area contributed by atoms with E-state index in [2.05, 4.69) is 23.1 Å². The summed E-state index contributed by atoms with van der Waals surface area (Å²) in [5.74, 6) is 0.558. The summed E-state index contributed by atoms with van der Waals surface area (Å²) in [5.41, 5.74) is 2.65. The number of hydrogen-bond donors (Lipinski definition) is 0. The molecule has 19 heavy (non-hydrogen) atoms. The predicted octanol–water partition coefficient (Wildman–Crippen LogP) is 3.06. The SMILES string of the molecule is C=CCC1=CC=C(c2ncc(CC=C)cn2)C(=O)C1. The molecule has 96 valence electrons. The summed E-state index contributed by atoms with van der Waals surface area (Å²) in [6.45, 7) is 7.35. The second-order valence-corrected chi connectivity index (χ2v) is 4.41. The Bertz CT molecular complexity index is 565. The van der Waals surface area contributed by atoms with E-state index in [-0.39, 0.29) is 5.78 Å². The van der Waals surface area contributed by atoms with E-state index in [0.29, 0.717) is 17.8 Å². The largest absolute Gasteiger partial charge is 0.294 e.